The molecule has 0 spiro atoms. The summed E-state index contributed by atoms with van der Waals surface area (Å²) in [4.78, 5) is 12.0. The monoisotopic (exact) mass is 207 g/mol. The highest BCUT2D eigenvalue weighted by Gasteiger charge is 2.34. The SMILES string of the molecule is NC1(C(=O)Cc2ccoc2)CCCCC1. The van der Waals surface area contributed by atoms with E-state index in [1.54, 1.807) is 12.5 Å². The van der Waals surface area contributed by atoms with Gasteiger partial charge in [-0.3, -0.25) is 4.79 Å². The fourth-order valence-electron chi connectivity index (χ4n) is 2.22. The van der Waals surface area contributed by atoms with Crippen molar-refractivity contribution in [1.82, 2.24) is 0 Å². The minimum absolute atomic E-state index is 0.156. The number of nitrogens with two attached hydrogens (primary N) is 1. The first-order chi connectivity index (χ1) is 7.21. The first kappa shape index (κ1) is 10.4. The van der Waals surface area contributed by atoms with Gasteiger partial charge in [0.05, 0.1) is 18.1 Å². The Bertz CT molecular complexity index is 323. The van der Waals surface area contributed by atoms with E-state index in [2.05, 4.69) is 0 Å². The van der Waals surface area contributed by atoms with Crippen molar-refractivity contribution in [2.75, 3.05) is 0 Å². The second kappa shape index (κ2) is 4.19. The summed E-state index contributed by atoms with van der Waals surface area (Å²) >= 11 is 0. The first-order valence-corrected chi connectivity index (χ1v) is 5.54. The number of furan rings is 1. The van der Waals surface area contributed by atoms with E-state index in [9.17, 15) is 4.79 Å². The molecule has 15 heavy (non-hydrogen) atoms. The summed E-state index contributed by atoms with van der Waals surface area (Å²) < 4.78 is 4.94. The number of carbonyl (C=O) groups is 1. The Balaban J connectivity index is 2.00. The van der Waals surface area contributed by atoms with Crippen LogP contribution in [0.5, 0.6) is 0 Å². The molecular formula is C12H17NO2. The highest BCUT2D eigenvalue weighted by Crippen LogP contribution is 2.27. The Labute approximate surface area is 89.6 Å². The molecule has 0 aliphatic heterocycles. The zero-order valence-corrected chi connectivity index (χ0v) is 8.87. The number of rotatable bonds is 3. The second-order valence-electron chi connectivity index (χ2n) is 4.45. The Hall–Kier alpha value is -1.09. The molecule has 0 unspecified atom stereocenters. The minimum Gasteiger partial charge on any atom is -0.472 e. The van der Waals surface area contributed by atoms with Crippen LogP contribution in [-0.4, -0.2) is 11.3 Å². The van der Waals surface area contributed by atoms with Gasteiger partial charge >= 0.3 is 0 Å². The van der Waals surface area contributed by atoms with E-state index in [0.717, 1.165) is 31.2 Å². The highest BCUT2D eigenvalue weighted by molar-refractivity contribution is 5.90. The van der Waals surface area contributed by atoms with Gasteiger partial charge in [0, 0.05) is 6.42 Å². The molecule has 0 atom stereocenters. The lowest BCUT2D eigenvalue weighted by Gasteiger charge is -2.31. The summed E-state index contributed by atoms with van der Waals surface area (Å²) in [5.41, 5.74) is 6.49. The van der Waals surface area contributed by atoms with Crippen molar-refractivity contribution in [1.29, 1.82) is 0 Å². The maximum absolute atomic E-state index is 12.0. The fourth-order valence-corrected chi connectivity index (χ4v) is 2.22. The summed E-state index contributed by atoms with van der Waals surface area (Å²) in [6, 6.07) is 1.82. The topological polar surface area (TPSA) is 56.2 Å². The van der Waals surface area contributed by atoms with Crippen molar-refractivity contribution >= 4 is 5.78 Å². The zero-order chi connectivity index (χ0) is 10.7. The van der Waals surface area contributed by atoms with Crippen LogP contribution in [0.4, 0.5) is 0 Å². The number of hydrogen-bond donors (Lipinski definition) is 1. The standard InChI is InChI=1S/C12H17NO2/c13-12(5-2-1-3-6-12)11(14)8-10-4-7-15-9-10/h4,7,9H,1-3,5-6,8,13H2. The van der Waals surface area contributed by atoms with Gasteiger partial charge in [0.15, 0.2) is 5.78 Å². The van der Waals surface area contributed by atoms with Crippen LogP contribution in [0.2, 0.25) is 0 Å². The molecule has 0 saturated heterocycles. The zero-order valence-electron chi connectivity index (χ0n) is 8.87. The summed E-state index contributed by atoms with van der Waals surface area (Å²) in [6.07, 6.45) is 8.65. The first-order valence-electron chi connectivity index (χ1n) is 5.54. The van der Waals surface area contributed by atoms with Crippen molar-refractivity contribution in [2.24, 2.45) is 5.73 Å². The number of Topliss-reactive ketones (excluding diaryl/α,β-unsaturated/α-hetero) is 1. The summed E-state index contributed by atoms with van der Waals surface area (Å²) in [5, 5.41) is 0. The van der Waals surface area contributed by atoms with E-state index in [1.807, 2.05) is 6.07 Å². The van der Waals surface area contributed by atoms with Crippen LogP contribution in [0.25, 0.3) is 0 Å². The van der Waals surface area contributed by atoms with E-state index in [-0.39, 0.29) is 5.78 Å². The lowest BCUT2D eigenvalue weighted by atomic mass is 9.78. The van der Waals surface area contributed by atoms with Crippen LogP contribution in [0, 0.1) is 0 Å². The molecule has 82 valence electrons. The Morgan fingerprint density at radius 3 is 2.73 bits per heavy atom. The van der Waals surface area contributed by atoms with Crippen LogP contribution < -0.4 is 5.73 Å². The lowest BCUT2D eigenvalue weighted by molar-refractivity contribution is -0.124. The molecule has 0 amide bonds. The second-order valence-corrected chi connectivity index (χ2v) is 4.45. The highest BCUT2D eigenvalue weighted by atomic mass is 16.3. The van der Waals surface area contributed by atoms with Crippen LogP contribution in [0.3, 0.4) is 0 Å². The fraction of sp³-hybridized carbons (Fsp3) is 0.583. The lowest BCUT2D eigenvalue weighted by Crippen LogP contribution is -2.50. The third kappa shape index (κ3) is 2.29. The number of carbonyl (C=O) groups excluding carboxylic acids is 1. The van der Waals surface area contributed by atoms with E-state index in [0.29, 0.717) is 6.42 Å². The van der Waals surface area contributed by atoms with Crippen LogP contribution in [-0.2, 0) is 11.2 Å². The molecule has 1 aliphatic rings. The molecule has 3 heteroatoms. The molecule has 1 heterocycles. The smallest absolute Gasteiger partial charge is 0.157 e. The molecule has 1 saturated carbocycles. The Morgan fingerprint density at radius 2 is 2.13 bits per heavy atom. The predicted molar refractivity (Wildman–Crippen MR) is 57.4 cm³/mol. The third-order valence-electron chi connectivity index (χ3n) is 3.25. The Morgan fingerprint density at radius 1 is 1.40 bits per heavy atom. The van der Waals surface area contributed by atoms with E-state index < -0.39 is 5.54 Å². The molecule has 1 aromatic rings. The summed E-state index contributed by atoms with van der Waals surface area (Å²) in [6.45, 7) is 0. The molecule has 1 fully saturated rings. The number of ketones is 1. The molecule has 2 rings (SSSR count). The maximum Gasteiger partial charge on any atom is 0.157 e. The summed E-state index contributed by atoms with van der Waals surface area (Å²) in [7, 11) is 0. The molecule has 1 aliphatic carbocycles. The van der Waals surface area contributed by atoms with Crippen LogP contribution in [0.1, 0.15) is 37.7 Å². The van der Waals surface area contributed by atoms with E-state index >= 15 is 0 Å². The van der Waals surface area contributed by atoms with Gasteiger partial charge in [-0.05, 0) is 24.5 Å². The molecule has 0 bridgehead atoms. The van der Waals surface area contributed by atoms with Gasteiger partial charge in [-0.15, -0.1) is 0 Å². The quantitative estimate of drug-likeness (QED) is 0.825. The van der Waals surface area contributed by atoms with Gasteiger partial charge in [-0.1, -0.05) is 19.3 Å². The molecular weight excluding hydrogens is 190 g/mol. The normalized spacial score (nSPS) is 20.1. The predicted octanol–water partition coefficient (Wildman–Crippen LogP) is 2.05. The van der Waals surface area contributed by atoms with Gasteiger partial charge in [0.1, 0.15) is 0 Å². The van der Waals surface area contributed by atoms with Gasteiger partial charge in [0.25, 0.3) is 0 Å². The van der Waals surface area contributed by atoms with Gasteiger partial charge < -0.3 is 10.2 Å². The average Bonchev–Trinajstić information content (AvgIpc) is 2.71. The van der Waals surface area contributed by atoms with Crippen molar-refractivity contribution in [3.05, 3.63) is 24.2 Å². The average molecular weight is 207 g/mol. The van der Waals surface area contributed by atoms with Crippen molar-refractivity contribution < 1.29 is 9.21 Å². The molecule has 0 aromatic carbocycles. The van der Waals surface area contributed by atoms with E-state index in [1.165, 1.54) is 6.42 Å². The molecule has 1 aromatic heterocycles. The maximum atomic E-state index is 12.0. The Kier molecular flexibility index (Phi) is 2.91. The van der Waals surface area contributed by atoms with Crippen LogP contribution in [0.15, 0.2) is 23.0 Å². The number of hydrogen-bond acceptors (Lipinski definition) is 3. The summed E-state index contributed by atoms with van der Waals surface area (Å²) in [5.74, 6) is 0.156. The minimum atomic E-state index is -0.574. The third-order valence-corrected chi connectivity index (χ3v) is 3.25. The van der Waals surface area contributed by atoms with Gasteiger partial charge in [-0.2, -0.15) is 0 Å². The molecule has 3 nitrogen and oxygen atoms in total. The molecule has 2 N–H and O–H groups in total. The largest absolute Gasteiger partial charge is 0.472 e. The molecule has 0 radical (unpaired) electrons. The van der Waals surface area contributed by atoms with Crippen molar-refractivity contribution in [3.63, 3.8) is 0 Å². The van der Waals surface area contributed by atoms with Crippen LogP contribution >= 0.6 is 0 Å². The van der Waals surface area contributed by atoms with E-state index in [4.69, 9.17) is 10.2 Å². The van der Waals surface area contributed by atoms with Gasteiger partial charge in [-0.25, -0.2) is 0 Å². The van der Waals surface area contributed by atoms with Crippen molar-refractivity contribution in [3.8, 4) is 0 Å². The van der Waals surface area contributed by atoms with Gasteiger partial charge in [0.2, 0.25) is 0 Å². The van der Waals surface area contributed by atoms with Crippen molar-refractivity contribution in [2.45, 2.75) is 44.1 Å².